The summed E-state index contributed by atoms with van der Waals surface area (Å²) in [5, 5.41) is 4.15. The summed E-state index contributed by atoms with van der Waals surface area (Å²) in [4.78, 5) is 0. The van der Waals surface area contributed by atoms with Crippen LogP contribution in [0, 0.1) is 0 Å². The Balaban J connectivity index is -0.000000125. The smallest absolute Gasteiger partial charge is 1.00 e. The van der Waals surface area contributed by atoms with Gasteiger partial charge >= 0.3 is 61.7 Å². The first-order valence-electron chi connectivity index (χ1n) is 0.890. The maximum atomic E-state index is 9.42. The first kappa shape index (κ1) is 11.6. The Morgan fingerprint density at radius 2 is 1.86 bits per heavy atom. The van der Waals surface area contributed by atoms with Gasteiger partial charge in [0.05, 0.1) is 11.9 Å². The van der Waals surface area contributed by atoms with Crippen LogP contribution in [0.3, 0.4) is 0 Å². The fraction of sp³-hybridized carbons (Fsp3) is 0. The third-order valence-corrected chi connectivity index (χ3v) is 0.790. The largest absolute Gasteiger partial charge is 1.00 e. The topological polar surface area (TPSA) is 69.4 Å². The van der Waals surface area contributed by atoms with Gasteiger partial charge in [0.1, 0.15) is 0 Å². The fourth-order valence-corrected chi connectivity index (χ4v) is 0. The molecule has 0 spiro atoms. The van der Waals surface area contributed by atoms with Crippen molar-refractivity contribution in [3.05, 3.63) is 0 Å². The molecule has 0 saturated heterocycles. The average molecular weight is 172 g/mol. The van der Waals surface area contributed by atoms with E-state index in [1.807, 2.05) is 0 Å². The minimum absolute atomic E-state index is 0. The molecule has 0 aromatic carbocycles. The zero-order valence-corrected chi connectivity index (χ0v) is 8.28. The summed E-state index contributed by atoms with van der Waals surface area (Å²) in [6.45, 7) is 0. The zero-order chi connectivity index (χ0) is 5.21. The van der Waals surface area contributed by atoms with Crippen LogP contribution in [0.5, 0.6) is 0 Å². The molecule has 0 rings (SSSR count). The minimum atomic E-state index is -3.90. The van der Waals surface area contributed by atoms with Gasteiger partial charge in [0.15, 0.2) is 0 Å². The van der Waals surface area contributed by atoms with Gasteiger partial charge in [0, 0.05) is 0 Å². The van der Waals surface area contributed by atoms with Crippen LogP contribution < -0.4 is 56.5 Å². The third-order valence-electron chi connectivity index (χ3n) is 0.0878. The second-order valence-corrected chi connectivity index (χ2v) is 2.05. The first-order chi connectivity index (χ1) is 2.56. The van der Waals surface area contributed by atoms with E-state index in [2.05, 4.69) is 20.7 Å². The van der Waals surface area contributed by atoms with Gasteiger partial charge in [0.25, 0.3) is 0 Å². The molecule has 2 N–H and O–H groups in total. The Morgan fingerprint density at radius 3 is 1.86 bits per heavy atom. The van der Waals surface area contributed by atoms with E-state index in [4.69, 9.17) is 0 Å². The molecule has 0 atom stereocenters. The summed E-state index contributed by atoms with van der Waals surface area (Å²) < 4.78 is 22.0. The van der Waals surface area contributed by atoms with Crippen LogP contribution in [0.4, 0.5) is 0 Å². The number of hydrogen-bond acceptors (Lipinski definition) is 3. The summed E-state index contributed by atoms with van der Waals surface area (Å²) in [6, 6.07) is 0. The predicted octanol–water partition coefficient (Wildman–Crippen LogP) is -3.52. The van der Waals surface area contributed by atoms with E-state index >= 15 is 0 Å². The van der Waals surface area contributed by atoms with Crippen LogP contribution in [-0.4, -0.2) is 8.42 Å². The van der Waals surface area contributed by atoms with Crippen molar-refractivity contribution in [1.29, 1.82) is 0 Å². The summed E-state index contributed by atoms with van der Waals surface area (Å²) in [6.07, 6.45) is 0. The molecule has 0 heterocycles. The van der Waals surface area contributed by atoms with Crippen molar-refractivity contribution in [3.63, 3.8) is 0 Å². The molecule has 4 nitrogen and oxygen atoms in total. The third kappa shape index (κ3) is 11.4. The van der Waals surface area contributed by atoms with E-state index in [9.17, 15) is 8.42 Å². The normalized spacial score (nSPS) is 10.0. The van der Waals surface area contributed by atoms with Crippen LogP contribution in [0.2, 0.25) is 0 Å². The second-order valence-electron chi connectivity index (χ2n) is 0.556. The van der Waals surface area contributed by atoms with E-state index in [0.29, 0.717) is 0 Å². The molecule has 0 aromatic rings. The SMILES string of the molecule is NS(=O)(=O)OCl.[H-].[K+]. The Labute approximate surface area is 90.7 Å². The van der Waals surface area contributed by atoms with E-state index in [1.54, 1.807) is 0 Å². The maximum Gasteiger partial charge on any atom is 1.00 e. The molecule has 0 saturated carbocycles. The van der Waals surface area contributed by atoms with Crippen LogP contribution >= 0.6 is 11.9 Å². The Kier molecular flexibility index (Phi) is 7.70. The standard InChI is InChI=1S/ClH2NO3S.K.H/c1-5-6(2,3)4;;/h(H2,2,3,4);;/q;+1;-1. The number of nitrogens with two attached hydrogens (primary N) is 1. The van der Waals surface area contributed by atoms with Gasteiger partial charge in [-0.2, -0.15) is 8.42 Å². The molecular weight excluding hydrogens is 169 g/mol. The fourth-order valence-electron chi connectivity index (χ4n) is 0. The van der Waals surface area contributed by atoms with Crippen LogP contribution in [-0.2, 0) is 14.0 Å². The zero-order valence-electron chi connectivity index (χ0n) is 4.59. The van der Waals surface area contributed by atoms with Gasteiger partial charge in [-0.15, -0.1) is 3.74 Å². The molecule has 0 aliphatic carbocycles. The summed E-state index contributed by atoms with van der Waals surface area (Å²) >= 11 is 4.26. The van der Waals surface area contributed by atoms with E-state index in [0.717, 1.165) is 0 Å². The van der Waals surface area contributed by atoms with Crippen molar-refractivity contribution in [2.75, 3.05) is 0 Å². The maximum absolute atomic E-state index is 9.42. The number of halogens is 1. The molecule has 0 aromatic heterocycles. The molecule has 0 amide bonds. The van der Waals surface area contributed by atoms with E-state index in [-0.39, 0.29) is 52.8 Å². The van der Waals surface area contributed by atoms with Crippen molar-refractivity contribution in [3.8, 4) is 0 Å². The number of hydrogen-bond donors (Lipinski definition) is 1. The molecule has 0 aliphatic heterocycles. The molecule has 0 radical (unpaired) electrons. The van der Waals surface area contributed by atoms with Gasteiger partial charge in [-0.25, -0.2) is 5.14 Å². The Hall–Kier alpha value is 1.80. The summed E-state index contributed by atoms with van der Waals surface area (Å²) in [5.41, 5.74) is 0. The molecule has 7 heavy (non-hydrogen) atoms. The molecule has 40 valence electrons. The van der Waals surface area contributed by atoms with Gasteiger partial charge in [-0.05, 0) is 0 Å². The van der Waals surface area contributed by atoms with Crippen molar-refractivity contribution in [2.45, 2.75) is 0 Å². The molecule has 0 bridgehead atoms. The van der Waals surface area contributed by atoms with E-state index in [1.165, 1.54) is 0 Å². The predicted molar refractivity (Wildman–Crippen MR) is 21.2 cm³/mol. The molecule has 0 unspecified atom stereocenters. The van der Waals surface area contributed by atoms with Crippen LogP contribution in [0.1, 0.15) is 1.43 Å². The van der Waals surface area contributed by atoms with Gasteiger partial charge in [-0.1, -0.05) is 0 Å². The minimum Gasteiger partial charge on any atom is -1.00 e. The van der Waals surface area contributed by atoms with Crippen molar-refractivity contribution >= 4 is 22.2 Å². The Morgan fingerprint density at radius 1 is 1.71 bits per heavy atom. The van der Waals surface area contributed by atoms with Gasteiger partial charge < -0.3 is 1.43 Å². The van der Waals surface area contributed by atoms with Gasteiger partial charge in [-0.3, -0.25) is 0 Å². The van der Waals surface area contributed by atoms with Crippen molar-refractivity contribution < 1.29 is 65.0 Å². The Bertz CT molecular complexity index is 121. The first-order valence-corrected chi connectivity index (χ1v) is 2.67. The number of rotatable bonds is 1. The second kappa shape index (κ2) is 4.65. The van der Waals surface area contributed by atoms with Crippen LogP contribution in [0.15, 0.2) is 0 Å². The molecule has 7 heteroatoms. The van der Waals surface area contributed by atoms with Crippen molar-refractivity contribution in [2.24, 2.45) is 5.14 Å². The molecule has 0 aliphatic rings. The van der Waals surface area contributed by atoms with Gasteiger partial charge in [0.2, 0.25) is 0 Å². The monoisotopic (exact) mass is 171 g/mol. The quantitative estimate of drug-likeness (QED) is 0.416. The average Bonchev–Trinajstić information content (AvgIpc) is 1.35. The van der Waals surface area contributed by atoms with E-state index < -0.39 is 10.3 Å². The molecule has 0 fully saturated rings. The summed E-state index contributed by atoms with van der Waals surface area (Å²) in [5.74, 6) is 0. The van der Waals surface area contributed by atoms with Crippen LogP contribution in [0.25, 0.3) is 0 Å². The summed E-state index contributed by atoms with van der Waals surface area (Å²) in [7, 11) is -3.90. The molecular formula is H3ClKNO3S. The van der Waals surface area contributed by atoms with Crippen molar-refractivity contribution in [1.82, 2.24) is 0 Å².